The first-order chi connectivity index (χ1) is 6.05. The van der Waals surface area contributed by atoms with Crippen molar-refractivity contribution in [3.63, 3.8) is 0 Å². The van der Waals surface area contributed by atoms with E-state index in [2.05, 4.69) is 0 Å². The van der Waals surface area contributed by atoms with Gasteiger partial charge in [0.25, 0.3) is 5.92 Å². The van der Waals surface area contributed by atoms with Crippen LogP contribution in [0, 0.1) is 0 Å². The lowest BCUT2D eigenvalue weighted by molar-refractivity contribution is -0.131. The Morgan fingerprint density at radius 3 is 2.69 bits per heavy atom. The van der Waals surface area contributed by atoms with Crippen LogP contribution in [0.15, 0.2) is 0 Å². The zero-order valence-electron chi connectivity index (χ0n) is 7.30. The molecule has 5 heteroatoms. The maximum atomic E-state index is 12.6. The van der Waals surface area contributed by atoms with Crippen LogP contribution in [-0.2, 0) is 4.79 Å². The number of amides is 1. The largest absolute Gasteiger partial charge is 0.396 e. The molecular weight excluding hydrogens is 180 g/mol. The Balaban J connectivity index is 2.33. The second-order valence-corrected chi connectivity index (χ2v) is 3.25. The molecule has 1 aliphatic rings. The summed E-state index contributed by atoms with van der Waals surface area (Å²) in [6.45, 7) is -0.398. The smallest absolute Gasteiger partial charge is 0.267 e. The number of aliphatic hydroxyl groups excluding tert-OH is 1. The van der Waals surface area contributed by atoms with E-state index >= 15 is 0 Å². The monoisotopic (exact) mass is 193 g/mol. The van der Waals surface area contributed by atoms with Gasteiger partial charge in [-0.15, -0.1) is 0 Å². The van der Waals surface area contributed by atoms with Gasteiger partial charge in [0.15, 0.2) is 0 Å². The maximum absolute atomic E-state index is 12.6. The van der Waals surface area contributed by atoms with Crippen molar-refractivity contribution < 1.29 is 18.7 Å². The van der Waals surface area contributed by atoms with Crippen LogP contribution in [0.25, 0.3) is 0 Å². The van der Waals surface area contributed by atoms with Gasteiger partial charge in [-0.05, 0) is 6.42 Å². The van der Waals surface area contributed by atoms with Crippen LogP contribution in [0.4, 0.5) is 8.78 Å². The molecule has 3 nitrogen and oxygen atoms in total. The summed E-state index contributed by atoms with van der Waals surface area (Å²) < 4.78 is 25.3. The molecule has 0 radical (unpaired) electrons. The molecule has 1 saturated heterocycles. The lowest BCUT2D eigenvalue weighted by Crippen LogP contribution is -2.31. The highest BCUT2D eigenvalue weighted by molar-refractivity contribution is 5.76. The van der Waals surface area contributed by atoms with Gasteiger partial charge in [-0.1, -0.05) is 0 Å². The van der Waals surface area contributed by atoms with Crippen LogP contribution < -0.4 is 0 Å². The molecular formula is C8H13F2NO2. The third-order valence-corrected chi connectivity index (χ3v) is 2.07. The zero-order chi connectivity index (χ0) is 9.90. The minimum Gasteiger partial charge on any atom is -0.396 e. The highest BCUT2D eigenvalue weighted by Gasteiger charge is 2.39. The van der Waals surface area contributed by atoms with Crippen molar-refractivity contribution in [2.24, 2.45) is 0 Å². The first kappa shape index (κ1) is 10.4. The highest BCUT2D eigenvalue weighted by Crippen LogP contribution is 2.27. The van der Waals surface area contributed by atoms with E-state index in [0.717, 1.165) is 4.90 Å². The molecule has 0 aromatic rings. The summed E-state index contributed by atoms with van der Waals surface area (Å²) >= 11 is 0. The molecule has 0 saturated carbocycles. The van der Waals surface area contributed by atoms with Gasteiger partial charge in [0, 0.05) is 26.0 Å². The molecule has 13 heavy (non-hydrogen) atoms. The zero-order valence-corrected chi connectivity index (χ0v) is 7.30. The Hall–Kier alpha value is -0.710. The molecule has 1 aliphatic heterocycles. The third-order valence-electron chi connectivity index (χ3n) is 2.07. The van der Waals surface area contributed by atoms with Crippen LogP contribution in [0.2, 0.25) is 0 Å². The van der Waals surface area contributed by atoms with Gasteiger partial charge >= 0.3 is 0 Å². The number of nitrogens with zero attached hydrogens (tertiary/aromatic N) is 1. The van der Waals surface area contributed by atoms with Gasteiger partial charge in [0.05, 0.1) is 6.54 Å². The molecule has 0 aromatic heterocycles. The summed E-state index contributed by atoms with van der Waals surface area (Å²) in [6.07, 6.45) is 0.269. The molecule has 0 atom stereocenters. The van der Waals surface area contributed by atoms with E-state index in [9.17, 15) is 13.6 Å². The van der Waals surface area contributed by atoms with Crippen LogP contribution in [0.5, 0.6) is 0 Å². The molecule has 0 bridgehead atoms. The number of carbonyl (C=O) groups is 1. The van der Waals surface area contributed by atoms with E-state index < -0.39 is 12.5 Å². The van der Waals surface area contributed by atoms with Crippen molar-refractivity contribution in [1.82, 2.24) is 4.90 Å². The Kier molecular flexibility index (Phi) is 3.19. The lowest BCUT2D eigenvalue weighted by Gasteiger charge is -2.15. The first-order valence-corrected chi connectivity index (χ1v) is 4.32. The summed E-state index contributed by atoms with van der Waals surface area (Å²) in [5.41, 5.74) is 0. The Morgan fingerprint density at radius 1 is 1.54 bits per heavy atom. The number of hydrogen-bond donors (Lipinski definition) is 1. The molecule has 76 valence electrons. The summed E-state index contributed by atoms with van der Waals surface area (Å²) in [7, 11) is 0. The molecule has 0 aliphatic carbocycles. The van der Waals surface area contributed by atoms with E-state index in [1.165, 1.54) is 0 Å². The van der Waals surface area contributed by atoms with Crippen molar-refractivity contribution in [3.05, 3.63) is 0 Å². The van der Waals surface area contributed by atoms with Crippen molar-refractivity contribution in [3.8, 4) is 0 Å². The number of rotatable bonds is 3. The molecule has 0 spiro atoms. The molecule has 1 heterocycles. The fourth-order valence-corrected chi connectivity index (χ4v) is 1.34. The number of alkyl halides is 2. The SMILES string of the molecule is O=C(CCCO)N1CCC(F)(F)C1. The van der Waals surface area contributed by atoms with Crippen LogP contribution in [0.3, 0.4) is 0 Å². The predicted octanol–water partition coefficient (Wildman–Crippen LogP) is 0.627. The second kappa shape index (κ2) is 4.00. The van der Waals surface area contributed by atoms with E-state index in [0.29, 0.717) is 6.42 Å². The summed E-state index contributed by atoms with van der Waals surface area (Å²) in [5.74, 6) is -3.00. The number of hydrogen-bond acceptors (Lipinski definition) is 2. The average molecular weight is 193 g/mol. The number of carbonyl (C=O) groups excluding carboxylic acids is 1. The van der Waals surface area contributed by atoms with E-state index in [1.807, 2.05) is 0 Å². The summed E-state index contributed by atoms with van der Waals surface area (Å²) in [5, 5.41) is 8.44. The Labute approximate surface area is 75.3 Å². The number of halogens is 2. The van der Waals surface area contributed by atoms with Crippen molar-refractivity contribution in [2.45, 2.75) is 25.2 Å². The molecule has 1 fully saturated rings. The molecule has 0 aromatic carbocycles. The molecule has 0 unspecified atom stereocenters. The van der Waals surface area contributed by atoms with E-state index in [1.54, 1.807) is 0 Å². The fourth-order valence-electron chi connectivity index (χ4n) is 1.34. The van der Waals surface area contributed by atoms with Crippen LogP contribution >= 0.6 is 0 Å². The van der Waals surface area contributed by atoms with Gasteiger partial charge in [0.1, 0.15) is 0 Å². The quantitative estimate of drug-likeness (QED) is 0.714. The highest BCUT2D eigenvalue weighted by atomic mass is 19.3. The van der Waals surface area contributed by atoms with Gasteiger partial charge in [-0.3, -0.25) is 4.79 Å². The van der Waals surface area contributed by atoms with Crippen LogP contribution in [-0.4, -0.2) is 41.5 Å². The molecule has 1 N–H and O–H groups in total. The first-order valence-electron chi connectivity index (χ1n) is 4.32. The van der Waals surface area contributed by atoms with E-state index in [4.69, 9.17) is 5.11 Å². The van der Waals surface area contributed by atoms with Crippen LogP contribution in [0.1, 0.15) is 19.3 Å². The average Bonchev–Trinajstić information content (AvgIpc) is 2.42. The minimum absolute atomic E-state index is 0.0734. The minimum atomic E-state index is -2.71. The lowest BCUT2D eigenvalue weighted by atomic mass is 10.3. The normalized spacial score (nSPS) is 20.7. The predicted molar refractivity (Wildman–Crippen MR) is 42.5 cm³/mol. The fraction of sp³-hybridized carbons (Fsp3) is 0.875. The summed E-state index contributed by atoms with van der Waals surface area (Å²) in [6, 6.07) is 0. The number of likely N-dealkylation sites (tertiary alicyclic amines) is 1. The Morgan fingerprint density at radius 2 is 2.23 bits per heavy atom. The van der Waals surface area contributed by atoms with Gasteiger partial charge < -0.3 is 10.0 Å². The van der Waals surface area contributed by atoms with E-state index in [-0.39, 0.29) is 31.9 Å². The standard InChI is InChI=1S/C8H13F2NO2/c9-8(10)3-4-11(6-8)7(13)2-1-5-12/h12H,1-6H2. The third kappa shape index (κ3) is 2.91. The van der Waals surface area contributed by atoms with Gasteiger partial charge in [-0.25, -0.2) is 8.78 Å². The number of aliphatic hydroxyl groups is 1. The topological polar surface area (TPSA) is 40.5 Å². The maximum Gasteiger partial charge on any atom is 0.267 e. The molecule has 1 amide bonds. The second-order valence-electron chi connectivity index (χ2n) is 3.25. The van der Waals surface area contributed by atoms with Gasteiger partial charge in [0.2, 0.25) is 5.91 Å². The Bertz CT molecular complexity index is 197. The van der Waals surface area contributed by atoms with Crippen molar-refractivity contribution in [1.29, 1.82) is 0 Å². The van der Waals surface area contributed by atoms with Gasteiger partial charge in [-0.2, -0.15) is 0 Å². The van der Waals surface area contributed by atoms with Crippen molar-refractivity contribution >= 4 is 5.91 Å². The summed E-state index contributed by atoms with van der Waals surface area (Å²) in [4.78, 5) is 12.3. The molecule has 1 rings (SSSR count). The van der Waals surface area contributed by atoms with Crippen molar-refractivity contribution in [2.75, 3.05) is 19.7 Å².